The number of benzene rings is 1. The van der Waals surface area contributed by atoms with Crippen LogP contribution in [-0.2, 0) is 0 Å². The van der Waals surface area contributed by atoms with Gasteiger partial charge < -0.3 is 5.73 Å². The van der Waals surface area contributed by atoms with Crippen LogP contribution in [0.3, 0.4) is 0 Å². The molecule has 5 nitrogen and oxygen atoms in total. The lowest BCUT2D eigenvalue weighted by atomic mass is 10.3. The summed E-state index contributed by atoms with van der Waals surface area (Å²) in [6.45, 7) is 0. The molecule has 3 aromatic rings. The molecule has 0 saturated heterocycles. The lowest BCUT2D eigenvalue weighted by molar-refractivity contribution is 0.147. The molecule has 2 heterocycles. The highest BCUT2D eigenvalue weighted by atomic mass is 35.5. The minimum atomic E-state index is -2.73. The Balaban J connectivity index is 2.27. The molecule has 3 N–H and O–H groups in total. The highest BCUT2D eigenvalue weighted by Gasteiger charge is 2.23. The number of nitrogens with zero attached hydrogens (tertiary/aromatic N) is 3. The molecule has 0 aliphatic rings. The van der Waals surface area contributed by atoms with Crippen molar-refractivity contribution in [3.05, 3.63) is 35.0 Å². The van der Waals surface area contributed by atoms with Gasteiger partial charge in [-0.05, 0) is 24.3 Å². The Kier molecular flexibility index (Phi) is 2.63. The lowest BCUT2D eigenvalue weighted by Gasteiger charge is -2.01. The number of aromatic amines is 1. The second kappa shape index (κ2) is 4.20. The van der Waals surface area contributed by atoms with E-state index < -0.39 is 12.1 Å². The van der Waals surface area contributed by atoms with Crippen LogP contribution in [0.5, 0.6) is 0 Å². The summed E-state index contributed by atoms with van der Waals surface area (Å²) in [5.41, 5.74) is 6.05. The highest BCUT2D eigenvalue weighted by molar-refractivity contribution is 6.30. The van der Waals surface area contributed by atoms with Crippen molar-refractivity contribution in [2.75, 3.05) is 5.73 Å². The molecule has 0 aliphatic carbocycles. The van der Waals surface area contributed by atoms with Crippen LogP contribution < -0.4 is 5.73 Å². The highest BCUT2D eigenvalue weighted by Crippen LogP contribution is 2.31. The second-order valence-corrected chi connectivity index (χ2v) is 4.35. The maximum Gasteiger partial charge on any atom is 0.282 e. The topological polar surface area (TPSA) is 72.5 Å². The molecule has 0 unspecified atom stereocenters. The van der Waals surface area contributed by atoms with Crippen LogP contribution in [0.25, 0.3) is 16.7 Å². The van der Waals surface area contributed by atoms with E-state index in [-0.39, 0.29) is 16.9 Å². The van der Waals surface area contributed by atoms with E-state index >= 15 is 0 Å². The van der Waals surface area contributed by atoms with Gasteiger partial charge in [-0.15, -0.1) is 0 Å². The van der Waals surface area contributed by atoms with E-state index in [1.54, 1.807) is 24.3 Å². The molecule has 0 saturated carbocycles. The van der Waals surface area contributed by atoms with Gasteiger partial charge in [0.15, 0.2) is 5.65 Å². The molecule has 0 spiro atoms. The molecule has 0 amide bonds. The second-order valence-electron chi connectivity index (χ2n) is 3.91. The number of fused-ring (bicyclic) bond motifs is 1. The number of rotatable bonds is 2. The molecule has 3 rings (SSSR count). The first-order valence-electron chi connectivity index (χ1n) is 5.34. The quantitative estimate of drug-likeness (QED) is 0.759. The molecular formula is C11H8ClF2N5. The first-order chi connectivity index (χ1) is 9.08. The largest absolute Gasteiger partial charge is 0.383 e. The fourth-order valence-electron chi connectivity index (χ4n) is 1.87. The molecule has 0 radical (unpaired) electrons. The van der Waals surface area contributed by atoms with Crippen molar-refractivity contribution in [3.8, 4) is 5.69 Å². The van der Waals surface area contributed by atoms with Gasteiger partial charge in [0.25, 0.3) is 6.43 Å². The summed E-state index contributed by atoms with van der Waals surface area (Å²) in [5.74, 6) is 0.0745. The minimum Gasteiger partial charge on any atom is -0.383 e. The summed E-state index contributed by atoms with van der Waals surface area (Å²) in [6.07, 6.45) is -2.73. The van der Waals surface area contributed by atoms with E-state index in [4.69, 9.17) is 17.3 Å². The molecular weight excluding hydrogens is 276 g/mol. The molecule has 19 heavy (non-hydrogen) atoms. The number of halogens is 3. The van der Waals surface area contributed by atoms with Crippen LogP contribution in [0.15, 0.2) is 24.3 Å². The first-order valence-corrected chi connectivity index (χ1v) is 5.72. The third-order valence-electron chi connectivity index (χ3n) is 2.72. The van der Waals surface area contributed by atoms with Gasteiger partial charge >= 0.3 is 0 Å². The number of nitrogens with two attached hydrogens (primary N) is 1. The standard InChI is InChI=1S/C11H8ClF2N5/c12-5-1-3-6(4-2-5)19-11-7(10(15)16-17-11)8(18-19)9(13)14/h1-4,9H,(H3,15,16,17). The zero-order chi connectivity index (χ0) is 13.6. The summed E-state index contributed by atoms with van der Waals surface area (Å²) < 4.78 is 27.2. The fraction of sp³-hybridized carbons (Fsp3) is 0.0909. The van der Waals surface area contributed by atoms with Gasteiger partial charge in [-0.3, -0.25) is 5.10 Å². The zero-order valence-electron chi connectivity index (χ0n) is 9.44. The van der Waals surface area contributed by atoms with Gasteiger partial charge in [-0.2, -0.15) is 10.2 Å². The van der Waals surface area contributed by atoms with Gasteiger partial charge in [-0.1, -0.05) is 11.6 Å². The smallest absolute Gasteiger partial charge is 0.282 e. The molecule has 8 heteroatoms. The maximum atomic E-state index is 13.0. The average molecular weight is 284 g/mol. The molecule has 0 fully saturated rings. The van der Waals surface area contributed by atoms with Crippen molar-refractivity contribution in [2.45, 2.75) is 6.43 Å². The predicted molar refractivity (Wildman–Crippen MR) is 67.6 cm³/mol. The van der Waals surface area contributed by atoms with Gasteiger partial charge in [0.05, 0.1) is 11.1 Å². The van der Waals surface area contributed by atoms with E-state index in [0.29, 0.717) is 10.7 Å². The summed E-state index contributed by atoms with van der Waals surface area (Å²) in [6, 6.07) is 6.61. The number of hydrogen-bond acceptors (Lipinski definition) is 3. The number of anilines is 1. The molecule has 0 bridgehead atoms. The molecule has 0 atom stereocenters. The number of H-pyrrole nitrogens is 1. The monoisotopic (exact) mass is 283 g/mol. The van der Waals surface area contributed by atoms with E-state index in [1.807, 2.05) is 0 Å². The number of nitrogen functional groups attached to an aromatic ring is 1. The van der Waals surface area contributed by atoms with Crippen LogP contribution in [0.1, 0.15) is 12.1 Å². The van der Waals surface area contributed by atoms with Crippen molar-refractivity contribution in [3.63, 3.8) is 0 Å². The first kappa shape index (κ1) is 11.9. The normalized spacial score (nSPS) is 11.6. The molecule has 2 aromatic heterocycles. The van der Waals surface area contributed by atoms with E-state index in [0.717, 1.165) is 0 Å². The van der Waals surface area contributed by atoms with Crippen molar-refractivity contribution < 1.29 is 8.78 Å². The molecule has 98 valence electrons. The van der Waals surface area contributed by atoms with Gasteiger partial charge in [-0.25, -0.2) is 13.5 Å². The van der Waals surface area contributed by atoms with Gasteiger partial charge in [0, 0.05) is 5.02 Å². The maximum absolute atomic E-state index is 13.0. The Labute approximate surface area is 111 Å². The summed E-state index contributed by atoms with van der Waals surface area (Å²) in [5, 5.41) is 10.9. The number of alkyl halides is 2. The molecule has 1 aromatic carbocycles. The van der Waals surface area contributed by atoms with Crippen molar-refractivity contribution in [1.82, 2.24) is 20.0 Å². The third kappa shape index (κ3) is 1.82. The summed E-state index contributed by atoms with van der Waals surface area (Å²) in [4.78, 5) is 0. The van der Waals surface area contributed by atoms with Crippen molar-refractivity contribution in [2.24, 2.45) is 0 Å². The number of nitrogens with one attached hydrogen (secondary N) is 1. The Morgan fingerprint density at radius 1 is 1.26 bits per heavy atom. The van der Waals surface area contributed by atoms with Crippen molar-refractivity contribution in [1.29, 1.82) is 0 Å². The van der Waals surface area contributed by atoms with E-state index in [9.17, 15) is 8.78 Å². The Morgan fingerprint density at radius 3 is 2.58 bits per heavy atom. The fourth-order valence-corrected chi connectivity index (χ4v) is 2.00. The van der Waals surface area contributed by atoms with Crippen LogP contribution in [0.2, 0.25) is 5.02 Å². The van der Waals surface area contributed by atoms with Crippen LogP contribution in [-0.4, -0.2) is 20.0 Å². The summed E-state index contributed by atoms with van der Waals surface area (Å²) in [7, 11) is 0. The SMILES string of the molecule is Nc1[nH]nc2c1c(C(F)F)nn2-c1ccc(Cl)cc1. The van der Waals surface area contributed by atoms with Gasteiger partial charge in [0.2, 0.25) is 0 Å². The average Bonchev–Trinajstić information content (AvgIpc) is 2.92. The Bertz CT molecular complexity index is 731. The Morgan fingerprint density at radius 2 is 1.95 bits per heavy atom. The Hall–Kier alpha value is -2.15. The number of hydrogen-bond donors (Lipinski definition) is 2. The third-order valence-corrected chi connectivity index (χ3v) is 2.97. The van der Waals surface area contributed by atoms with Crippen LogP contribution in [0, 0.1) is 0 Å². The lowest BCUT2D eigenvalue weighted by Crippen LogP contribution is -1.99. The molecule has 0 aliphatic heterocycles. The number of aromatic nitrogens is 4. The summed E-state index contributed by atoms with van der Waals surface area (Å²) >= 11 is 5.79. The van der Waals surface area contributed by atoms with Crippen LogP contribution in [0.4, 0.5) is 14.6 Å². The zero-order valence-corrected chi connectivity index (χ0v) is 10.2. The van der Waals surface area contributed by atoms with E-state index in [1.165, 1.54) is 4.68 Å². The van der Waals surface area contributed by atoms with Crippen LogP contribution >= 0.6 is 11.6 Å². The van der Waals surface area contributed by atoms with Gasteiger partial charge in [0.1, 0.15) is 11.5 Å². The predicted octanol–water partition coefficient (Wildman–Crippen LogP) is 2.92. The van der Waals surface area contributed by atoms with E-state index in [2.05, 4.69) is 15.3 Å². The minimum absolute atomic E-state index is 0.0745. The van der Waals surface area contributed by atoms with Crippen molar-refractivity contribution >= 4 is 28.5 Å².